The molecule has 0 atom stereocenters. The molecule has 4 heteroatoms. The molecule has 0 spiro atoms. The Morgan fingerprint density at radius 2 is 1.15 bits per heavy atom. The van der Waals surface area contributed by atoms with Gasteiger partial charge in [0, 0.05) is 17.1 Å². The van der Waals surface area contributed by atoms with E-state index in [1.165, 1.54) is 66.1 Å². The van der Waals surface area contributed by atoms with Crippen LogP contribution >= 0.6 is 0 Å². The lowest BCUT2D eigenvalue weighted by molar-refractivity contribution is 0.751. The molecule has 0 amide bonds. The lowest BCUT2D eigenvalue weighted by atomic mass is 9.29. The van der Waals surface area contributed by atoms with Gasteiger partial charge in [0.05, 0.1) is 13.5 Å². The van der Waals surface area contributed by atoms with Crippen molar-refractivity contribution in [2.75, 3.05) is 4.90 Å². The lowest BCUT2D eigenvalue weighted by Crippen LogP contribution is -2.69. The molecule has 0 bridgehead atoms. The Kier molecular flexibility index (Phi) is 5.80. The second-order valence-electron chi connectivity index (χ2n) is 14.9. The molecule has 0 aliphatic carbocycles. The summed E-state index contributed by atoms with van der Waals surface area (Å²) in [5.74, 6) is 0. The molecule has 9 rings (SSSR count). The van der Waals surface area contributed by atoms with Crippen LogP contribution in [-0.4, -0.2) is 22.9 Å². The molecule has 0 fully saturated rings. The molecule has 0 aromatic heterocycles. The molecular formula is C42H38BNSi2. The van der Waals surface area contributed by atoms with Gasteiger partial charge in [0.15, 0.2) is 0 Å². The molecule has 1 nitrogen and oxygen atoms in total. The number of para-hydroxylation sites is 2. The average Bonchev–Trinajstić information content (AvgIpc) is 3.08. The molecule has 0 N–H and O–H groups in total. The van der Waals surface area contributed by atoms with Gasteiger partial charge in [-0.1, -0.05) is 171 Å². The highest BCUT2D eigenvalue weighted by molar-refractivity contribution is 7.05. The quantitative estimate of drug-likeness (QED) is 0.207. The van der Waals surface area contributed by atoms with E-state index >= 15 is 0 Å². The summed E-state index contributed by atoms with van der Waals surface area (Å²) in [4.78, 5) is 2.69. The summed E-state index contributed by atoms with van der Waals surface area (Å²) in [7, 11) is -3.72. The number of nitrogens with zero attached hydrogens (tertiary/aromatic N) is 1. The Morgan fingerprint density at radius 3 is 1.85 bits per heavy atom. The maximum absolute atomic E-state index is 2.69. The minimum Gasteiger partial charge on any atom is -0.312 e. The Bertz CT molecular complexity index is 2140. The van der Waals surface area contributed by atoms with E-state index < -0.39 is 21.6 Å². The van der Waals surface area contributed by atoms with Crippen LogP contribution in [0.2, 0.25) is 32.7 Å². The fourth-order valence-electron chi connectivity index (χ4n) is 9.01. The van der Waals surface area contributed by atoms with Crippen molar-refractivity contribution >= 4 is 71.9 Å². The van der Waals surface area contributed by atoms with Crippen molar-refractivity contribution in [2.45, 2.75) is 38.2 Å². The third-order valence-electron chi connectivity index (χ3n) is 11.1. The predicted molar refractivity (Wildman–Crippen MR) is 204 cm³/mol. The van der Waals surface area contributed by atoms with Gasteiger partial charge < -0.3 is 4.90 Å². The summed E-state index contributed by atoms with van der Waals surface area (Å²) in [5, 5.41) is 4.59. The average molecular weight is 624 g/mol. The second kappa shape index (κ2) is 9.57. The molecule has 3 aliphatic heterocycles. The van der Waals surface area contributed by atoms with Gasteiger partial charge in [0.25, 0.3) is 0 Å². The van der Waals surface area contributed by atoms with Crippen LogP contribution in [0.15, 0.2) is 140 Å². The number of fused-ring (bicyclic) bond motifs is 6. The van der Waals surface area contributed by atoms with Gasteiger partial charge >= 0.3 is 0 Å². The lowest BCUT2D eigenvalue weighted by Gasteiger charge is -2.51. The van der Waals surface area contributed by atoms with Gasteiger partial charge in [-0.2, -0.15) is 0 Å². The molecule has 6 aromatic rings. The Hall–Kier alpha value is -4.38. The Balaban J connectivity index is 1.52. The molecule has 3 aliphatic rings. The second-order valence-corrected chi connectivity index (χ2v) is 24.3. The maximum atomic E-state index is 2.69. The normalized spacial score (nSPS) is 16.2. The maximum Gasteiger partial charge on any atom is 0.247 e. The third-order valence-corrected chi connectivity index (χ3v) is 16.7. The van der Waals surface area contributed by atoms with E-state index in [4.69, 9.17) is 0 Å². The number of hydrogen-bond acceptors (Lipinski definition) is 1. The van der Waals surface area contributed by atoms with Crippen molar-refractivity contribution in [3.8, 4) is 0 Å². The number of benzene rings is 6. The van der Waals surface area contributed by atoms with Gasteiger partial charge in [-0.25, -0.2) is 0 Å². The number of anilines is 3. The van der Waals surface area contributed by atoms with E-state index in [-0.39, 0.29) is 6.71 Å². The van der Waals surface area contributed by atoms with Crippen LogP contribution in [0.4, 0.5) is 17.1 Å². The van der Waals surface area contributed by atoms with E-state index in [0.29, 0.717) is 0 Å². The molecule has 0 unspecified atom stereocenters. The molecule has 6 aromatic carbocycles. The van der Waals surface area contributed by atoms with Crippen LogP contribution < -0.4 is 36.8 Å². The fraction of sp³-hybridized carbons (Fsp3) is 0.143. The van der Waals surface area contributed by atoms with Crippen LogP contribution in [0, 0.1) is 0 Å². The molecule has 46 heavy (non-hydrogen) atoms. The smallest absolute Gasteiger partial charge is 0.247 e. The van der Waals surface area contributed by atoms with Gasteiger partial charge in [-0.3, -0.25) is 0 Å². The summed E-state index contributed by atoms with van der Waals surface area (Å²) in [6.07, 6.45) is 0. The van der Waals surface area contributed by atoms with Crippen molar-refractivity contribution in [3.05, 3.63) is 162 Å². The highest BCUT2D eigenvalue weighted by Gasteiger charge is 2.53. The summed E-state index contributed by atoms with van der Waals surface area (Å²) < 4.78 is 0. The zero-order chi connectivity index (χ0) is 31.4. The minimum atomic E-state index is -1.95. The zero-order valence-corrected chi connectivity index (χ0v) is 29.3. The highest BCUT2D eigenvalue weighted by Crippen LogP contribution is 2.49. The summed E-state index contributed by atoms with van der Waals surface area (Å²) >= 11 is 0. The number of hydrogen-bond donors (Lipinski definition) is 0. The molecule has 0 saturated heterocycles. The van der Waals surface area contributed by atoms with Gasteiger partial charge in [0.1, 0.15) is 8.07 Å². The van der Waals surface area contributed by atoms with Crippen LogP contribution in [0.5, 0.6) is 0 Å². The summed E-state index contributed by atoms with van der Waals surface area (Å²) in [6.45, 7) is 12.8. The van der Waals surface area contributed by atoms with Gasteiger partial charge in [-0.05, 0) is 55.7 Å². The first-order valence-electron chi connectivity index (χ1n) is 16.7. The molecule has 0 saturated carbocycles. The standard InChI is InChI=1S/C42H38BNSi2/c1-45(2,3)31-27-33-40-37(28-31)44-36-24-14-15-25-38(36)46(4,5)39-26-16-23-35(41(39)44)43(40)34-22-13-12-21-32(34)42(33,29-17-8-6-9-18-29)30-19-10-7-11-20-30/h6-28H,1-5H3. The predicted octanol–water partition coefficient (Wildman–Crippen LogP) is 6.36. The minimum absolute atomic E-state index is 0.165. The topological polar surface area (TPSA) is 3.24 Å². The first kappa shape index (κ1) is 27.9. The third kappa shape index (κ3) is 3.52. The van der Waals surface area contributed by atoms with E-state index in [9.17, 15) is 0 Å². The zero-order valence-electron chi connectivity index (χ0n) is 27.3. The first-order chi connectivity index (χ1) is 22.2. The SMILES string of the molecule is C[Si](C)(C)c1cc2c3c(c1)C(c1ccccc1)(c1ccccc1)c1ccccc1B3c1cccc3c1N2c1ccccc1[Si]3(C)C. The van der Waals surface area contributed by atoms with Crippen molar-refractivity contribution in [1.82, 2.24) is 0 Å². The molecule has 0 radical (unpaired) electrons. The van der Waals surface area contributed by atoms with Crippen molar-refractivity contribution in [2.24, 2.45) is 0 Å². The number of rotatable bonds is 3. The molecular weight excluding hydrogens is 585 g/mol. The summed E-state index contributed by atoms with van der Waals surface area (Å²) in [6, 6.07) is 53.7. The highest BCUT2D eigenvalue weighted by atomic mass is 28.3. The Morgan fingerprint density at radius 1 is 0.565 bits per heavy atom. The molecule has 222 valence electrons. The Labute approximate surface area is 275 Å². The van der Waals surface area contributed by atoms with E-state index in [2.05, 4.69) is 177 Å². The van der Waals surface area contributed by atoms with Crippen molar-refractivity contribution < 1.29 is 0 Å². The van der Waals surface area contributed by atoms with Gasteiger partial charge in [-0.15, -0.1) is 0 Å². The van der Waals surface area contributed by atoms with E-state index in [1.807, 2.05) is 0 Å². The van der Waals surface area contributed by atoms with Crippen molar-refractivity contribution in [3.63, 3.8) is 0 Å². The summed E-state index contributed by atoms with van der Waals surface area (Å²) in [5.41, 5.74) is 13.6. The van der Waals surface area contributed by atoms with Gasteiger partial charge in [0.2, 0.25) is 6.71 Å². The van der Waals surface area contributed by atoms with E-state index in [1.54, 1.807) is 5.19 Å². The fourth-order valence-corrected chi connectivity index (χ4v) is 13.2. The van der Waals surface area contributed by atoms with Crippen LogP contribution in [0.1, 0.15) is 22.3 Å². The first-order valence-corrected chi connectivity index (χ1v) is 23.2. The van der Waals surface area contributed by atoms with E-state index in [0.717, 1.165) is 0 Å². The largest absolute Gasteiger partial charge is 0.312 e. The van der Waals surface area contributed by atoms with Crippen LogP contribution in [0.25, 0.3) is 0 Å². The van der Waals surface area contributed by atoms with Crippen molar-refractivity contribution in [1.29, 1.82) is 0 Å². The monoisotopic (exact) mass is 623 g/mol. The van der Waals surface area contributed by atoms with Crippen LogP contribution in [0.3, 0.4) is 0 Å². The molecule has 3 heterocycles. The van der Waals surface area contributed by atoms with Crippen LogP contribution in [-0.2, 0) is 5.41 Å².